The zero-order valence-corrected chi connectivity index (χ0v) is 16.7. The number of aryl methyl sites for hydroxylation is 1. The molecule has 1 aromatic carbocycles. The lowest BCUT2D eigenvalue weighted by Gasteiger charge is -2.22. The number of fused-ring (bicyclic) bond motifs is 1. The highest BCUT2D eigenvalue weighted by molar-refractivity contribution is 7.92. The number of halogens is 1. The topological polar surface area (TPSA) is 111 Å². The molecule has 0 atom stereocenters. The van der Waals surface area contributed by atoms with Crippen LogP contribution in [-0.2, 0) is 21.8 Å². The molecule has 0 spiro atoms. The Labute approximate surface area is 167 Å². The number of benzene rings is 1. The Morgan fingerprint density at radius 3 is 2.71 bits per heavy atom. The van der Waals surface area contributed by atoms with Crippen LogP contribution in [0.5, 0.6) is 0 Å². The van der Waals surface area contributed by atoms with E-state index >= 15 is 0 Å². The van der Waals surface area contributed by atoms with Gasteiger partial charge in [0.2, 0.25) is 11.9 Å². The molecule has 4 rings (SSSR count). The molecule has 11 heteroatoms. The Bertz CT molecular complexity index is 1110. The second kappa shape index (κ2) is 7.53. The Morgan fingerprint density at radius 2 is 1.96 bits per heavy atom. The fraction of sp³-hybridized carbons (Fsp3) is 0.353. The van der Waals surface area contributed by atoms with E-state index in [0.29, 0.717) is 30.3 Å². The van der Waals surface area contributed by atoms with E-state index < -0.39 is 10.0 Å². The molecule has 0 saturated carbocycles. The molecule has 1 fully saturated rings. The fourth-order valence-electron chi connectivity index (χ4n) is 3.00. The number of ether oxygens (including phenoxy) is 1. The van der Waals surface area contributed by atoms with Gasteiger partial charge in [-0.2, -0.15) is 4.98 Å². The maximum absolute atomic E-state index is 12.7. The van der Waals surface area contributed by atoms with Crippen LogP contribution < -0.4 is 10.0 Å². The van der Waals surface area contributed by atoms with E-state index in [1.54, 1.807) is 29.9 Å². The van der Waals surface area contributed by atoms with Gasteiger partial charge < -0.3 is 10.1 Å². The van der Waals surface area contributed by atoms with Crippen molar-refractivity contribution in [3.63, 3.8) is 0 Å². The summed E-state index contributed by atoms with van der Waals surface area (Å²) >= 11 is 6.02. The maximum atomic E-state index is 12.7. The number of nitrogens with zero attached hydrogens (tertiary/aromatic N) is 4. The van der Waals surface area contributed by atoms with Gasteiger partial charge in [0, 0.05) is 26.3 Å². The summed E-state index contributed by atoms with van der Waals surface area (Å²) in [6, 6.07) is 6.47. The molecule has 1 aliphatic rings. The quantitative estimate of drug-likeness (QED) is 0.649. The van der Waals surface area contributed by atoms with Crippen molar-refractivity contribution in [2.24, 2.45) is 7.05 Å². The predicted molar refractivity (Wildman–Crippen MR) is 106 cm³/mol. The summed E-state index contributed by atoms with van der Waals surface area (Å²) in [5.74, 6) is 0.607. The highest BCUT2D eigenvalue weighted by Gasteiger charge is 2.22. The first kappa shape index (κ1) is 18.9. The summed E-state index contributed by atoms with van der Waals surface area (Å²) in [4.78, 5) is 13.1. The summed E-state index contributed by atoms with van der Waals surface area (Å²) in [5, 5.41) is 3.43. The van der Waals surface area contributed by atoms with Crippen LogP contribution in [0.1, 0.15) is 12.8 Å². The second-order valence-electron chi connectivity index (χ2n) is 6.46. The van der Waals surface area contributed by atoms with Crippen LogP contribution in [0.4, 0.5) is 11.9 Å². The molecular weight excluding hydrogens is 404 g/mol. The Kier molecular flexibility index (Phi) is 5.09. The van der Waals surface area contributed by atoms with Crippen LogP contribution in [0.25, 0.3) is 11.2 Å². The van der Waals surface area contributed by atoms with Crippen LogP contribution in [0, 0.1) is 0 Å². The number of anilines is 2. The van der Waals surface area contributed by atoms with Crippen molar-refractivity contribution >= 4 is 44.7 Å². The largest absolute Gasteiger partial charge is 0.381 e. The molecule has 2 N–H and O–H groups in total. The third kappa shape index (κ3) is 3.75. The van der Waals surface area contributed by atoms with Crippen LogP contribution in [-0.4, -0.2) is 47.2 Å². The highest BCUT2D eigenvalue weighted by atomic mass is 35.5. The molecule has 0 aliphatic carbocycles. The molecule has 28 heavy (non-hydrogen) atoms. The molecule has 0 radical (unpaired) electrons. The van der Waals surface area contributed by atoms with E-state index in [9.17, 15) is 8.42 Å². The summed E-state index contributed by atoms with van der Waals surface area (Å²) < 4.78 is 34.7. The number of sulfonamides is 1. The van der Waals surface area contributed by atoms with Crippen molar-refractivity contribution in [2.75, 3.05) is 23.3 Å². The van der Waals surface area contributed by atoms with Gasteiger partial charge >= 0.3 is 0 Å². The summed E-state index contributed by atoms with van der Waals surface area (Å²) in [5.41, 5.74) is 0.998. The molecule has 2 aromatic heterocycles. The van der Waals surface area contributed by atoms with Crippen LogP contribution >= 0.6 is 11.6 Å². The predicted octanol–water partition coefficient (Wildman–Crippen LogP) is 2.41. The van der Waals surface area contributed by atoms with Crippen LogP contribution in [0.3, 0.4) is 0 Å². The Morgan fingerprint density at radius 1 is 1.21 bits per heavy atom. The third-order valence-electron chi connectivity index (χ3n) is 4.52. The smallest absolute Gasteiger partial charge is 0.265 e. The molecule has 0 unspecified atom stereocenters. The van der Waals surface area contributed by atoms with Gasteiger partial charge in [0.1, 0.15) is 10.4 Å². The van der Waals surface area contributed by atoms with Crippen molar-refractivity contribution in [3.05, 3.63) is 35.5 Å². The molecular formula is C17H19ClN6O3S. The van der Waals surface area contributed by atoms with Crippen molar-refractivity contribution in [1.29, 1.82) is 0 Å². The first-order valence-corrected chi connectivity index (χ1v) is 10.6. The van der Waals surface area contributed by atoms with Crippen LogP contribution in [0.15, 0.2) is 35.4 Å². The van der Waals surface area contributed by atoms with Gasteiger partial charge in [0.05, 0.1) is 11.2 Å². The lowest BCUT2D eigenvalue weighted by atomic mass is 10.1. The van der Waals surface area contributed by atoms with Gasteiger partial charge in [-0.1, -0.05) is 23.7 Å². The van der Waals surface area contributed by atoms with E-state index in [1.807, 2.05) is 0 Å². The first-order valence-electron chi connectivity index (χ1n) is 8.75. The lowest BCUT2D eigenvalue weighted by molar-refractivity contribution is 0.0903. The monoisotopic (exact) mass is 422 g/mol. The van der Waals surface area contributed by atoms with Crippen molar-refractivity contribution < 1.29 is 13.2 Å². The normalized spacial score (nSPS) is 15.6. The van der Waals surface area contributed by atoms with E-state index in [1.165, 1.54) is 12.1 Å². The van der Waals surface area contributed by atoms with E-state index in [0.717, 1.165) is 12.8 Å². The zero-order valence-electron chi connectivity index (χ0n) is 15.1. The summed E-state index contributed by atoms with van der Waals surface area (Å²) in [6.45, 7) is 1.42. The minimum atomic E-state index is -3.89. The molecule has 3 heterocycles. The Hall–Kier alpha value is -2.43. The standard InChI is InChI=1S/C17H19ClN6O3S/c1-24-15-13(10-19-16(22-15)20-11-6-8-27-9-7-11)21-17(24)23-28(25,26)14-5-3-2-4-12(14)18/h2-5,10-11H,6-9H2,1H3,(H,21,23)(H,19,20,22). The molecule has 1 aliphatic heterocycles. The van der Waals surface area contributed by atoms with E-state index in [4.69, 9.17) is 16.3 Å². The SMILES string of the molecule is Cn1c(NS(=O)(=O)c2ccccc2Cl)nc2cnc(NC3CCOCC3)nc21. The molecule has 0 amide bonds. The van der Waals surface area contributed by atoms with Crippen LogP contribution in [0.2, 0.25) is 5.02 Å². The van der Waals surface area contributed by atoms with Crippen molar-refractivity contribution in [3.8, 4) is 0 Å². The summed E-state index contributed by atoms with van der Waals surface area (Å²) in [6.07, 6.45) is 3.34. The first-order chi connectivity index (χ1) is 13.4. The third-order valence-corrected chi connectivity index (χ3v) is 6.35. The molecule has 148 valence electrons. The minimum absolute atomic E-state index is 0.0170. The number of nitrogens with one attached hydrogen (secondary N) is 2. The van der Waals surface area contributed by atoms with Gasteiger partial charge in [-0.25, -0.2) is 23.1 Å². The lowest BCUT2D eigenvalue weighted by Crippen LogP contribution is -2.28. The average Bonchev–Trinajstić information content (AvgIpc) is 2.98. The maximum Gasteiger partial charge on any atom is 0.265 e. The zero-order chi connectivity index (χ0) is 19.7. The number of imidazole rings is 1. The number of hydrogen-bond acceptors (Lipinski definition) is 7. The fourth-order valence-corrected chi connectivity index (χ4v) is 4.56. The molecule has 1 saturated heterocycles. The van der Waals surface area contributed by atoms with Gasteiger partial charge in [-0.05, 0) is 25.0 Å². The molecule has 9 nitrogen and oxygen atoms in total. The average molecular weight is 423 g/mol. The van der Waals surface area contributed by atoms with Gasteiger partial charge in [0.25, 0.3) is 10.0 Å². The minimum Gasteiger partial charge on any atom is -0.381 e. The van der Waals surface area contributed by atoms with Gasteiger partial charge in [-0.15, -0.1) is 0 Å². The Balaban J connectivity index is 1.61. The molecule has 0 bridgehead atoms. The van der Waals surface area contributed by atoms with Gasteiger partial charge in [-0.3, -0.25) is 4.57 Å². The van der Waals surface area contributed by atoms with Gasteiger partial charge in [0.15, 0.2) is 5.65 Å². The van der Waals surface area contributed by atoms with E-state index in [2.05, 4.69) is 25.0 Å². The van der Waals surface area contributed by atoms with E-state index in [-0.39, 0.29) is 21.9 Å². The van der Waals surface area contributed by atoms with Crippen molar-refractivity contribution in [1.82, 2.24) is 19.5 Å². The number of aromatic nitrogens is 4. The highest BCUT2D eigenvalue weighted by Crippen LogP contribution is 2.24. The van der Waals surface area contributed by atoms with Crippen molar-refractivity contribution in [2.45, 2.75) is 23.8 Å². The number of hydrogen-bond donors (Lipinski definition) is 2. The summed E-state index contributed by atoms with van der Waals surface area (Å²) in [7, 11) is -2.20. The number of rotatable bonds is 5. The second-order valence-corrected chi connectivity index (χ2v) is 8.52. The molecule has 3 aromatic rings.